The van der Waals surface area contributed by atoms with Gasteiger partial charge in [-0.15, -0.1) is 0 Å². The van der Waals surface area contributed by atoms with Crippen LogP contribution in [-0.4, -0.2) is 62.3 Å². The number of carboxylic acids is 1. The van der Waals surface area contributed by atoms with E-state index in [0.29, 0.717) is 31.9 Å². The van der Waals surface area contributed by atoms with E-state index in [1.165, 1.54) is 37.1 Å². The van der Waals surface area contributed by atoms with Gasteiger partial charge in [-0.1, -0.05) is 18.2 Å². The molecule has 0 bridgehead atoms. The van der Waals surface area contributed by atoms with E-state index in [-0.39, 0.29) is 28.6 Å². The molecule has 2 atom stereocenters. The molecule has 0 spiro atoms. The summed E-state index contributed by atoms with van der Waals surface area (Å²) in [6, 6.07) is 13.7. The van der Waals surface area contributed by atoms with Gasteiger partial charge in [0.05, 0.1) is 37.4 Å². The van der Waals surface area contributed by atoms with Gasteiger partial charge < -0.3 is 29.3 Å². The second-order valence-electron chi connectivity index (χ2n) is 10.1. The lowest BCUT2D eigenvalue weighted by Crippen LogP contribution is -2.56. The molecular formula is C30H30F4N4O4. The Morgan fingerprint density at radius 3 is 2.31 bits per heavy atom. The maximum Gasteiger partial charge on any atom is 0.416 e. The number of methoxy groups -OCH3 is 2. The molecule has 2 heterocycles. The number of piperazine rings is 1. The number of aliphatic carboxylic acids is 1. The Kier molecular flexibility index (Phi) is 7.89. The number of guanidine groups is 1. The van der Waals surface area contributed by atoms with Crippen LogP contribution in [0.5, 0.6) is 11.5 Å². The molecule has 3 aromatic rings. The van der Waals surface area contributed by atoms with Crippen molar-refractivity contribution in [2.24, 2.45) is 10.9 Å². The van der Waals surface area contributed by atoms with E-state index in [1.54, 1.807) is 13.2 Å². The highest BCUT2D eigenvalue weighted by atomic mass is 19.4. The average Bonchev–Trinajstić information content (AvgIpc) is 2.99. The highest BCUT2D eigenvalue weighted by Crippen LogP contribution is 2.47. The van der Waals surface area contributed by atoms with Crippen molar-refractivity contribution >= 4 is 29.0 Å². The first-order chi connectivity index (χ1) is 20.0. The van der Waals surface area contributed by atoms with Crippen LogP contribution in [-0.2, 0) is 11.0 Å². The molecular weight excluding hydrogens is 556 g/mol. The predicted molar refractivity (Wildman–Crippen MR) is 150 cm³/mol. The molecule has 0 radical (unpaired) electrons. The summed E-state index contributed by atoms with van der Waals surface area (Å²) in [6.45, 7) is 3.24. The van der Waals surface area contributed by atoms with Crippen LogP contribution < -0.4 is 19.3 Å². The number of rotatable bonds is 6. The summed E-state index contributed by atoms with van der Waals surface area (Å²) in [5, 5.41) is 10.1. The number of nitrogens with zero attached hydrogens (tertiary/aromatic N) is 4. The zero-order valence-corrected chi connectivity index (χ0v) is 23.2. The van der Waals surface area contributed by atoms with Crippen molar-refractivity contribution in [1.82, 2.24) is 4.90 Å². The molecule has 8 nitrogen and oxygen atoms in total. The van der Waals surface area contributed by atoms with Gasteiger partial charge in [-0.2, -0.15) is 13.2 Å². The Hall–Kier alpha value is -4.48. The first-order valence-electron chi connectivity index (χ1n) is 13.3. The molecule has 0 aromatic heterocycles. The lowest BCUT2D eigenvalue weighted by atomic mass is 9.89. The monoisotopic (exact) mass is 586 g/mol. The van der Waals surface area contributed by atoms with Gasteiger partial charge in [0.2, 0.25) is 5.96 Å². The maximum absolute atomic E-state index is 15.2. The minimum atomic E-state index is -4.67. The molecule has 12 heteroatoms. The molecule has 1 unspecified atom stereocenters. The van der Waals surface area contributed by atoms with Gasteiger partial charge in [-0.05, 0) is 43.3 Å². The van der Waals surface area contributed by atoms with Crippen LogP contribution in [0.4, 0.5) is 34.6 Å². The fourth-order valence-corrected chi connectivity index (χ4v) is 5.44. The summed E-state index contributed by atoms with van der Waals surface area (Å²) in [5.41, 5.74) is 0.192. The van der Waals surface area contributed by atoms with Gasteiger partial charge in [-0.3, -0.25) is 4.79 Å². The van der Waals surface area contributed by atoms with Crippen molar-refractivity contribution in [3.8, 4) is 11.5 Å². The zero-order chi connectivity index (χ0) is 30.2. The lowest BCUT2D eigenvalue weighted by Gasteiger charge is -2.46. The van der Waals surface area contributed by atoms with E-state index in [1.807, 2.05) is 29.2 Å². The Morgan fingerprint density at radius 2 is 1.67 bits per heavy atom. The molecule has 2 aliphatic heterocycles. The fourth-order valence-electron chi connectivity index (χ4n) is 5.44. The quantitative estimate of drug-likeness (QED) is 0.358. The van der Waals surface area contributed by atoms with Crippen LogP contribution in [0.2, 0.25) is 0 Å². The van der Waals surface area contributed by atoms with Crippen molar-refractivity contribution in [2.45, 2.75) is 19.1 Å². The molecule has 42 heavy (non-hydrogen) atoms. The van der Waals surface area contributed by atoms with Crippen LogP contribution in [0, 0.1) is 11.7 Å². The minimum Gasteiger partial charge on any atom is -0.497 e. The normalized spacial score (nSPS) is 17.8. The first-order valence-corrected chi connectivity index (χ1v) is 13.3. The molecule has 2 aliphatic rings. The van der Waals surface area contributed by atoms with Crippen molar-refractivity contribution in [3.63, 3.8) is 0 Å². The number of fused-ring (bicyclic) bond motifs is 1. The number of benzene rings is 3. The van der Waals surface area contributed by atoms with Crippen LogP contribution in [0.15, 0.2) is 65.7 Å². The average molecular weight is 587 g/mol. The summed E-state index contributed by atoms with van der Waals surface area (Å²) in [6.07, 6.45) is -4.67. The molecule has 0 aliphatic carbocycles. The van der Waals surface area contributed by atoms with E-state index in [9.17, 15) is 23.1 Å². The van der Waals surface area contributed by atoms with Crippen molar-refractivity contribution in [2.75, 3.05) is 50.2 Å². The number of anilines is 2. The molecule has 3 aromatic carbocycles. The third-order valence-corrected chi connectivity index (χ3v) is 7.65. The number of para-hydroxylation sites is 1. The first kappa shape index (κ1) is 29.0. The topological polar surface area (TPSA) is 77.8 Å². The van der Waals surface area contributed by atoms with Gasteiger partial charge >= 0.3 is 12.1 Å². The van der Waals surface area contributed by atoms with Gasteiger partial charge in [-0.25, -0.2) is 9.38 Å². The zero-order valence-electron chi connectivity index (χ0n) is 23.2. The maximum atomic E-state index is 15.2. The highest BCUT2D eigenvalue weighted by Gasteiger charge is 2.43. The molecule has 0 amide bonds. The van der Waals surface area contributed by atoms with E-state index >= 15 is 4.39 Å². The summed E-state index contributed by atoms with van der Waals surface area (Å²) in [4.78, 5) is 22.4. The largest absolute Gasteiger partial charge is 0.497 e. The SMILES string of the molecule is COc1cccc(N2CCN(C3=Nc4c(F)cccc4[C@H](C(C)C(=O)O)N3c3cc(C(F)(F)F)ccc3OC)CC2)c1. The second-order valence-corrected chi connectivity index (χ2v) is 10.1. The Labute approximate surface area is 240 Å². The molecule has 1 saturated heterocycles. The fraction of sp³-hybridized carbons (Fsp3) is 0.333. The van der Waals surface area contributed by atoms with E-state index < -0.39 is 35.5 Å². The van der Waals surface area contributed by atoms with E-state index in [2.05, 4.69) is 9.89 Å². The summed E-state index contributed by atoms with van der Waals surface area (Å²) in [5.74, 6) is -2.07. The van der Waals surface area contributed by atoms with Gasteiger partial charge in [0, 0.05) is 43.5 Å². The van der Waals surface area contributed by atoms with E-state index in [4.69, 9.17) is 9.47 Å². The molecule has 1 fully saturated rings. The molecule has 222 valence electrons. The van der Waals surface area contributed by atoms with Crippen LogP contribution in [0.1, 0.15) is 24.1 Å². The lowest BCUT2D eigenvalue weighted by molar-refractivity contribution is -0.142. The van der Waals surface area contributed by atoms with E-state index in [0.717, 1.165) is 17.8 Å². The third-order valence-electron chi connectivity index (χ3n) is 7.65. The summed E-state index contributed by atoms with van der Waals surface area (Å²) < 4.78 is 67.7. The third kappa shape index (κ3) is 5.40. The number of ether oxygens (including phenoxy) is 2. The summed E-state index contributed by atoms with van der Waals surface area (Å²) >= 11 is 0. The van der Waals surface area contributed by atoms with Crippen molar-refractivity contribution < 1.29 is 36.9 Å². The second kappa shape index (κ2) is 11.4. The van der Waals surface area contributed by atoms with Crippen molar-refractivity contribution in [3.05, 3.63) is 77.6 Å². The Balaban J connectivity index is 1.63. The number of carbonyl (C=O) groups is 1. The number of hydrogen-bond acceptors (Lipinski definition) is 7. The van der Waals surface area contributed by atoms with Gasteiger partial charge in [0.1, 0.15) is 23.0 Å². The molecule has 0 saturated carbocycles. The summed E-state index contributed by atoms with van der Waals surface area (Å²) in [7, 11) is 2.91. The predicted octanol–water partition coefficient (Wildman–Crippen LogP) is 5.95. The van der Waals surface area contributed by atoms with Gasteiger partial charge in [0.15, 0.2) is 0 Å². The smallest absolute Gasteiger partial charge is 0.416 e. The number of hydrogen-bond donors (Lipinski definition) is 1. The van der Waals surface area contributed by atoms with Crippen LogP contribution in [0.3, 0.4) is 0 Å². The van der Waals surface area contributed by atoms with Crippen LogP contribution >= 0.6 is 0 Å². The Morgan fingerprint density at radius 1 is 0.976 bits per heavy atom. The van der Waals surface area contributed by atoms with Gasteiger partial charge in [0.25, 0.3) is 0 Å². The Bertz CT molecular complexity index is 1500. The highest BCUT2D eigenvalue weighted by molar-refractivity contribution is 6.02. The minimum absolute atomic E-state index is 0.0192. The molecule has 5 rings (SSSR count). The number of carboxylic acid groups (broad SMARTS) is 1. The number of halogens is 4. The number of aliphatic imine (C=N–C) groups is 1. The standard InChI is InChI=1S/C30H30F4N4O4/c1-18(28(39)40)27-22-8-5-9-23(31)26(22)35-29(38(27)24-16-19(30(32,33)34)10-11-25(24)42-3)37-14-12-36(13-15-37)20-6-4-7-21(17-20)41-2/h4-11,16-18,27H,12-15H2,1-3H3,(H,39,40)/t18?,27-/m0/s1. The van der Waals surface area contributed by atoms with Crippen LogP contribution in [0.25, 0.3) is 0 Å². The molecule has 1 N–H and O–H groups in total. The van der Waals surface area contributed by atoms with Crippen molar-refractivity contribution in [1.29, 1.82) is 0 Å². The number of alkyl halides is 3.